The molecular weight excluding hydrogens is 106 g/mol. The second kappa shape index (κ2) is 4.19. The van der Waals surface area contributed by atoms with Crippen molar-refractivity contribution in [3.8, 4) is 0 Å². The second-order valence-electron chi connectivity index (χ2n) is 1.49. The molecule has 0 heterocycles. The molecule has 0 bridgehead atoms. The van der Waals surface area contributed by atoms with Crippen LogP contribution in [0.15, 0.2) is 0 Å². The van der Waals surface area contributed by atoms with Gasteiger partial charge < -0.3 is 5.41 Å². The van der Waals surface area contributed by atoms with Crippen molar-refractivity contribution < 1.29 is 0 Å². The summed E-state index contributed by atoms with van der Waals surface area (Å²) in [5.41, 5.74) is 0. The maximum Gasteiger partial charge on any atom is 0.00651 e. The highest BCUT2D eigenvalue weighted by molar-refractivity contribution is 7.99. The van der Waals surface area contributed by atoms with Crippen LogP contribution in [0.25, 0.3) is 0 Å². The normalized spacial score (nSPS) is 13.4. The lowest BCUT2D eigenvalue weighted by Crippen LogP contribution is -1.93. The monoisotopic (exact) mass is 117 g/mol. The predicted octanol–water partition coefficient (Wildman–Crippen LogP) is 1.78. The van der Waals surface area contributed by atoms with Crippen LogP contribution < -0.4 is 0 Å². The Morgan fingerprint density at radius 2 is 2.43 bits per heavy atom. The van der Waals surface area contributed by atoms with E-state index in [1.807, 2.05) is 0 Å². The molecule has 0 saturated carbocycles. The summed E-state index contributed by atoms with van der Waals surface area (Å²) in [5, 5.41) is 7.32. The molecule has 0 aromatic carbocycles. The van der Waals surface area contributed by atoms with Crippen molar-refractivity contribution in [2.24, 2.45) is 0 Å². The van der Waals surface area contributed by atoms with E-state index in [1.54, 1.807) is 11.8 Å². The Morgan fingerprint density at radius 3 is 2.57 bits per heavy atom. The molecule has 2 heteroatoms. The molecule has 0 aliphatic carbocycles. The second-order valence-corrected chi connectivity index (χ2v) is 2.76. The van der Waals surface area contributed by atoms with E-state index < -0.39 is 0 Å². The Morgan fingerprint density at radius 1 is 1.86 bits per heavy atom. The zero-order valence-electron chi connectivity index (χ0n) is 4.77. The lowest BCUT2D eigenvalue weighted by Gasteiger charge is -1.99. The number of hydrogen-bond donors (Lipinski definition) is 1. The first-order valence-electron chi connectivity index (χ1n) is 2.33. The molecule has 1 N–H and O–H groups in total. The van der Waals surface area contributed by atoms with Crippen LogP contribution in [-0.4, -0.2) is 17.7 Å². The van der Waals surface area contributed by atoms with Gasteiger partial charge in [-0.1, -0.05) is 6.92 Å². The zero-order chi connectivity index (χ0) is 5.70. The van der Waals surface area contributed by atoms with Crippen LogP contribution in [0, 0.1) is 5.41 Å². The van der Waals surface area contributed by atoms with Gasteiger partial charge in [0.2, 0.25) is 0 Å². The minimum Gasteiger partial charge on any atom is -0.313 e. The molecule has 0 aromatic heterocycles. The lowest BCUT2D eigenvalue weighted by atomic mass is 10.4. The van der Waals surface area contributed by atoms with Crippen molar-refractivity contribution in [3.63, 3.8) is 0 Å². The zero-order valence-corrected chi connectivity index (χ0v) is 5.59. The maximum atomic E-state index is 6.70. The van der Waals surface area contributed by atoms with Gasteiger partial charge in [0.1, 0.15) is 0 Å². The molecule has 0 aromatic rings. The van der Waals surface area contributed by atoms with Gasteiger partial charge in [0.15, 0.2) is 0 Å². The highest BCUT2D eigenvalue weighted by Crippen LogP contribution is 2.06. The van der Waals surface area contributed by atoms with E-state index in [0.717, 1.165) is 6.42 Å². The van der Waals surface area contributed by atoms with Crippen LogP contribution in [0.5, 0.6) is 0 Å². The van der Waals surface area contributed by atoms with Crippen LogP contribution in [-0.2, 0) is 0 Å². The first kappa shape index (κ1) is 7.02. The topological polar surface area (TPSA) is 23.9 Å². The molecule has 1 atom stereocenters. The van der Waals surface area contributed by atoms with Crippen LogP contribution >= 0.6 is 11.8 Å². The van der Waals surface area contributed by atoms with E-state index in [1.165, 1.54) is 6.21 Å². The Kier molecular flexibility index (Phi) is 4.20. The summed E-state index contributed by atoms with van der Waals surface area (Å²) >= 11 is 1.80. The molecule has 0 spiro atoms. The highest BCUT2D eigenvalue weighted by Gasteiger charge is 1.91. The molecule has 0 aliphatic rings. The summed E-state index contributed by atoms with van der Waals surface area (Å²) in [5.74, 6) is 0. The van der Waals surface area contributed by atoms with Gasteiger partial charge in [-0.3, -0.25) is 0 Å². The first-order chi connectivity index (χ1) is 3.31. The van der Waals surface area contributed by atoms with E-state index in [0.29, 0.717) is 5.25 Å². The van der Waals surface area contributed by atoms with Gasteiger partial charge in [-0.15, -0.1) is 0 Å². The summed E-state index contributed by atoms with van der Waals surface area (Å²) in [7, 11) is 0. The van der Waals surface area contributed by atoms with Crippen molar-refractivity contribution in [2.45, 2.75) is 18.6 Å². The fourth-order valence-corrected chi connectivity index (χ4v) is 0.551. The molecule has 0 rings (SSSR count). The summed E-state index contributed by atoms with van der Waals surface area (Å²) in [6.07, 6.45) is 4.43. The van der Waals surface area contributed by atoms with Crippen molar-refractivity contribution in [3.05, 3.63) is 0 Å². The van der Waals surface area contributed by atoms with Crippen LogP contribution in [0.2, 0.25) is 0 Å². The predicted molar refractivity (Wildman–Crippen MR) is 36.4 cm³/mol. The number of rotatable bonds is 3. The van der Waals surface area contributed by atoms with E-state index in [9.17, 15) is 0 Å². The third kappa shape index (κ3) is 3.86. The molecule has 0 saturated heterocycles. The standard InChI is InChI=1S/C5H11NS/c1-5(7-2)3-4-6/h4-6H,3H2,1-2H3/t5-/m1/s1. The summed E-state index contributed by atoms with van der Waals surface area (Å²) in [4.78, 5) is 0. The highest BCUT2D eigenvalue weighted by atomic mass is 32.2. The minimum absolute atomic E-state index is 0.623. The van der Waals surface area contributed by atoms with Crippen molar-refractivity contribution in [2.75, 3.05) is 6.26 Å². The van der Waals surface area contributed by atoms with Crippen LogP contribution in [0.1, 0.15) is 13.3 Å². The third-order valence-electron chi connectivity index (χ3n) is 0.852. The number of hydrogen-bond acceptors (Lipinski definition) is 2. The first-order valence-corrected chi connectivity index (χ1v) is 3.61. The molecule has 42 valence electrons. The van der Waals surface area contributed by atoms with Gasteiger partial charge in [-0.2, -0.15) is 11.8 Å². The van der Waals surface area contributed by atoms with Crippen LogP contribution in [0.4, 0.5) is 0 Å². The van der Waals surface area contributed by atoms with Gasteiger partial charge in [0.05, 0.1) is 0 Å². The van der Waals surface area contributed by atoms with Crippen molar-refractivity contribution in [1.29, 1.82) is 5.41 Å². The summed E-state index contributed by atoms with van der Waals surface area (Å²) in [6, 6.07) is 0. The Hall–Kier alpha value is 0.0200. The number of thioether (sulfide) groups is 1. The maximum absolute atomic E-state index is 6.70. The Labute approximate surface area is 49.0 Å². The smallest absolute Gasteiger partial charge is 0.00651 e. The minimum atomic E-state index is 0.623. The fraction of sp³-hybridized carbons (Fsp3) is 0.800. The molecular formula is C5H11NS. The Bertz CT molecular complexity index is 54.0. The average molecular weight is 117 g/mol. The summed E-state index contributed by atoms with van der Waals surface area (Å²) < 4.78 is 0. The van der Waals surface area contributed by atoms with E-state index >= 15 is 0 Å². The van der Waals surface area contributed by atoms with E-state index in [4.69, 9.17) is 5.41 Å². The van der Waals surface area contributed by atoms with Gasteiger partial charge in [0.25, 0.3) is 0 Å². The van der Waals surface area contributed by atoms with Crippen molar-refractivity contribution >= 4 is 18.0 Å². The molecule has 0 unspecified atom stereocenters. The molecule has 0 radical (unpaired) electrons. The van der Waals surface area contributed by atoms with E-state index in [2.05, 4.69) is 13.2 Å². The third-order valence-corrected chi connectivity index (χ3v) is 1.85. The molecule has 7 heavy (non-hydrogen) atoms. The van der Waals surface area contributed by atoms with Gasteiger partial charge in [0, 0.05) is 5.25 Å². The molecule has 0 aliphatic heterocycles. The Balaban J connectivity index is 2.98. The van der Waals surface area contributed by atoms with Crippen LogP contribution in [0.3, 0.4) is 0 Å². The molecule has 0 fully saturated rings. The van der Waals surface area contributed by atoms with Crippen molar-refractivity contribution in [1.82, 2.24) is 0 Å². The molecule has 0 amide bonds. The fourth-order valence-electron chi connectivity index (χ4n) is 0.262. The lowest BCUT2D eigenvalue weighted by molar-refractivity contribution is 1.03. The quantitative estimate of drug-likeness (QED) is 0.560. The largest absolute Gasteiger partial charge is 0.313 e. The van der Waals surface area contributed by atoms with Gasteiger partial charge in [-0.25, -0.2) is 0 Å². The number of nitrogens with one attached hydrogen (secondary N) is 1. The SMILES string of the molecule is CS[C@H](C)CC=N. The van der Waals surface area contributed by atoms with Gasteiger partial charge >= 0.3 is 0 Å². The average Bonchev–Trinajstić information content (AvgIpc) is 1.68. The van der Waals surface area contributed by atoms with E-state index in [-0.39, 0.29) is 0 Å². The molecule has 1 nitrogen and oxygen atoms in total. The summed E-state index contributed by atoms with van der Waals surface area (Å²) in [6.45, 7) is 2.12. The van der Waals surface area contributed by atoms with Gasteiger partial charge in [-0.05, 0) is 18.9 Å².